The van der Waals surface area contributed by atoms with Crippen LogP contribution in [0.5, 0.6) is 5.75 Å². The van der Waals surface area contributed by atoms with Crippen LogP contribution in [0.4, 0.5) is 5.95 Å². The van der Waals surface area contributed by atoms with Gasteiger partial charge >= 0.3 is 5.97 Å². The van der Waals surface area contributed by atoms with Crippen molar-refractivity contribution >= 4 is 28.9 Å². The van der Waals surface area contributed by atoms with E-state index >= 15 is 0 Å². The van der Waals surface area contributed by atoms with Gasteiger partial charge in [0.2, 0.25) is 5.95 Å². The van der Waals surface area contributed by atoms with E-state index in [2.05, 4.69) is 15.4 Å². The van der Waals surface area contributed by atoms with Gasteiger partial charge in [-0.2, -0.15) is 5.10 Å². The number of aliphatic hydroxyl groups is 1. The number of nitrogens with zero attached hydrogens (tertiary/aromatic N) is 4. The normalized spacial score (nSPS) is 15.2. The number of benzene rings is 1. The minimum Gasteiger partial charge on any atom is -0.489 e. The fourth-order valence-electron chi connectivity index (χ4n) is 3.81. The number of ether oxygens (including phenoxy) is 1. The molecule has 30 heavy (non-hydrogen) atoms. The van der Waals surface area contributed by atoms with Crippen LogP contribution < -0.4 is 10.1 Å². The largest absolute Gasteiger partial charge is 0.489 e. The molecule has 0 saturated heterocycles. The number of hydrogen-bond acceptors (Lipinski definition) is 6. The average Bonchev–Trinajstić information content (AvgIpc) is 3.28. The van der Waals surface area contributed by atoms with Gasteiger partial charge in [-0.25, -0.2) is 9.78 Å². The summed E-state index contributed by atoms with van der Waals surface area (Å²) in [5.74, 6) is -0.711. The third-order valence-corrected chi connectivity index (χ3v) is 5.15. The molecule has 4 rings (SSSR count). The molecular weight excluding hydrogens is 390 g/mol. The van der Waals surface area contributed by atoms with Crippen molar-refractivity contribution in [1.82, 2.24) is 19.3 Å². The van der Waals surface area contributed by atoms with E-state index in [1.807, 2.05) is 18.4 Å². The number of aryl methyl sites for hydroxylation is 2. The van der Waals surface area contributed by atoms with Gasteiger partial charge in [0.25, 0.3) is 5.91 Å². The molecule has 1 aromatic carbocycles. The Bertz CT molecular complexity index is 1130. The summed E-state index contributed by atoms with van der Waals surface area (Å²) in [6.07, 6.45) is 1.18. The minimum absolute atomic E-state index is 0.0375. The zero-order chi connectivity index (χ0) is 21.4. The van der Waals surface area contributed by atoms with Gasteiger partial charge in [-0.15, -0.1) is 0 Å². The van der Waals surface area contributed by atoms with Crippen LogP contribution in [0.3, 0.4) is 0 Å². The molecule has 0 bridgehead atoms. The molecule has 1 aliphatic heterocycles. The van der Waals surface area contributed by atoms with Crippen LogP contribution in [-0.2, 0) is 6.54 Å². The Morgan fingerprint density at radius 2 is 2.13 bits per heavy atom. The van der Waals surface area contributed by atoms with Gasteiger partial charge < -0.3 is 19.5 Å². The van der Waals surface area contributed by atoms with Crippen LogP contribution in [0.15, 0.2) is 18.2 Å². The first-order valence-corrected chi connectivity index (χ1v) is 9.81. The fourth-order valence-corrected chi connectivity index (χ4v) is 3.81. The highest BCUT2D eigenvalue weighted by atomic mass is 16.5. The number of aliphatic hydroxyl groups excluding tert-OH is 1. The molecule has 1 atom stereocenters. The van der Waals surface area contributed by atoms with Gasteiger partial charge in [-0.3, -0.25) is 14.8 Å². The van der Waals surface area contributed by atoms with Gasteiger partial charge in [-0.05, 0) is 44.9 Å². The number of aromatic carboxylic acids is 1. The lowest BCUT2D eigenvalue weighted by atomic mass is 10.1. The first-order valence-electron chi connectivity index (χ1n) is 9.81. The number of hydrogen-bond donors (Lipinski definition) is 3. The lowest BCUT2D eigenvalue weighted by Crippen LogP contribution is -2.26. The number of rotatable bonds is 7. The molecule has 3 aromatic rings. The topological polar surface area (TPSA) is 132 Å². The lowest BCUT2D eigenvalue weighted by Gasteiger charge is -2.27. The van der Waals surface area contributed by atoms with Crippen molar-refractivity contribution in [1.29, 1.82) is 0 Å². The molecular formula is C20H23N5O5. The predicted molar refractivity (Wildman–Crippen MR) is 108 cm³/mol. The van der Waals surface area contributed by atoms with Crippen molar-refractivity contribution in [3.63, 3.8) is 0 Å². The molecule has 0 saturated carbocycles. The Hall–Kier alpha value is -3.40. The first-order chi connectivity index (χ1) is 14.4. The van der Waals surface area contributed by atoms with E-state index in [-0.39, 0.29) is 30.7 Å². The number of carboxylic acid groups (broad SMARTS) is 1. The highest BCUT2D eigenvalue weighted by Crippen LogP contribution is 2.38. The quantitative estimate of drug-likeness (QED) is 0.541. The minimum atomic E-state index is -1.08. The monoisotopic (exact) mass is 413 g/mol. The molecule has 10 nitrogen and oxygen atoms in total. The summed E-state index contributed by atoms with van der Waals surface area (Å²) < 4.78 is 9.29. The van der Waals surface area contributed by atoms with E-state index in [9.17, 15) is 19.8 Å². The summed E-state index contributed by atoms with van der Waals surface area (Å²) in [5.41, 5.74) is 2.27. The second-order valence-electron chi connectivity index (χ2n) is 7.22. The number of aromatic nitrogens is 4. The third-order valence-electron chi connectivity index (χ3n) is 5.15. The fraction of sp³-hybridized carbons (Fsp3) is 0.400. The average molecular weight is 413 g/mol. The molecule has 10 heteroatoms. The standard InChI is InChI=1S/C20H23N5O5/c1-3-24-15(7-11(2)23-24)18(27)22-20-21-14-8-12(19(28)29)9-16-17(14)25(20)13(10-30-16)5-4-6-26/h7-9,13,26H,3-6,10H2,1-2H3,(H,28,29)(H,21,22,27)/t13-/m0/s1. The Labute approximate surface area is 172 Å². The van der Waals surface area contributed by atoms with E-state index in [1.165, 1.54) is 12.1 Å². The molecule has 2 aromatic heterocycles. The van der Waals surface area contributed by atoms with Gasteiger partial charge in [0.05, 0.1) is 22.8 Å². The Morgan fingerprint density at radius 1 is 1.33 bits per heavy atom. The van der Waals surface area contributed by atoms with Crippen LogP contribution in [0, 0.1) is 6.92 Å². The van der Waals surface area contributed by atoms with E-state index < -0.39 is 5.97 Å². The summed E-state index contributed by atoms with van der Waals surface area (Å²) >= 11 is 0. The Morgan fingerprint density at radius 3 is 2.83 bits per heavy atom. The molecule has 3 N–H and O–H groups in total. The summed E-state index contributed by atoms with van der Waals surface area (Å²) in [7, 11) is 0. The molecule has 0 unspecified atom stereocenters. The number of carboxylic acids is 1. The van der Waals surface area contributed by atoms with Crippen molar-refractivity contribution in [3.05, 3.63) is 35.2 Å². The number of imidazole rings is 1. The second-order valence-corrected chi connectivity index (χ2v) is 7.22. The maximum Gasteiger partial charge on any atom is 0.335 e. The Kier molecular flexibility index (Phi) is 5.17. The van der Waals surface area contributed by atoms with Crippen molar-refractivity contribution in [2.75, 3.05) is 18.5 Å². The smallest absolute Gasteiger partial charge is 0.335 e. The predicted octanol–water partition coefficient (Wildman–Crippen LogP) is 2.22. The molecule has 0 fully saturated rings. The number of carbonyl (C=O) groups is 2. The molecule has 0 spiro atoms. The van der Waals surface area contributed by atoms with Crippen LogP contribution in [0.1, 0.15) is 52.3 Å². The number of carbonyl (C=O) groups excluding carboxylic acids is 1. The van der Waals surface area contributed by atoms with E-state index in [0.717, 1.165) is 5.69 Å². The van der Waals surface area contributed by atoms with Gasteiger partial charge in [0, 0.05) is 13.2 Å². The molecule has 158 valence electrons. The van der Waals surface area contributed by atoms with Gasteiger partial charge in [-0.1, -0.05) is 0 Å². The van der Waals surface area contributed by atoms with Crippen molar-refractivity contribution in [3.8, 4) is 5.75 Å². The number of amides is 1. The SMILES string of the molecule is CCn1nc(C)cc1C(=O)Nc1nc2cc(C(=O)O)cc3c2n1[C@@H](CCCO)CO3. The van der Waals surface area contributed by atoms with E-state index in [1.54, 1.807) is 10.7 Å². The molecule has 1 aliphatic rings. The Balaban J connectivity index is 1.80. The highest BCUT2D eigenvalue weighted by Gasteiger charge is 2.29. The van der Waals surface area contributed by atoms with Crippen molar-refractivity contribution < 1.29 is 24.5 Å². The summed E-state index contributed by atoms with van der Waals surface area (Å²) in [4.78, 5) is 28.9. The molecule has 3 heterocycles. The summed E-state index contributed by atoms with van der Waals surface area (Å²) in [6, 6.07) is 4.48. The van der Waals surface area contributed by atoms with E-state index in [0.29, 0.717) is 47.8 Å². The maximum atomic E-state index is 13.0. The number of nitrogens with one attached hydrogen (secondary N) is 1. The maximum absolute atomic E-state index is 13.0. The van der Waals surface area contributed by atoms with E-state index in [4.69, 9.17) is 4.74 Å². The van der Waals surface area contributed by atoms with Crippen molar-refractivity contribution in [2.24, 2.45) is 0 Å². The molecule has 0 aliphatic carbocycles. The summed E-state index contributed by atoms with van der Waals surface area (Å²) in [6.45, 7) is 4.59. The van der Waals surface area contributed by atoms with Gasteiger partial charge in [0.15, 0.2) is 0 Å². The zero-order valence-electron chi connectivity index (χ0n) is 16.8. The van der Waals surface area contributed by atoms with Crippen LogP contribution in [-0.4, -0.2) is 54.6 Å². The zero-order valence-corrected chi connectivity index (χ0v) is 16.8. The van der Waals surface area contributed by atoms with Gasteiger partial charge in [0.1, 0.15) is 23.6 Å². The second kappa shape index (κ2) is 7.79. The summed E-state index contributed by atoms with van der Waals surface area (Å²) in [5, 5.41) is 25.8. The number of anilines is 1. The van der Waals surface area contributed by atoms with Crippen LogP contribution in [0.25, 0.3) is 11.0 Å². The molecule has 1 amide bonds. The molecule has 0 radical (unpaired) electrons. The van der Waals surface area contributed by atoms with Crippen LogP contribution in [0.2, 0.25) is 0 Å². The third kappa shape index (κ3) is 3.39. The lowest BCUT2D eigenvalue weighted by molar-refractivity contribution is 0.0696. The van der Waals surface area contributed by atoms with Crippen LogP contribution >= 0.6 is 0 Å². The highest BCUT2D eigenvalue weighted by molar-refractivity contribution is 6.04. The first kappa shape index (κ1) is 19.9. The van der Waals surface area contributed by atoms with Crippen molar-refractivity contribution in [2.45, 2.75) is 39.3 Å².